The monoisotopic (exact) mass is 477 g/mol. The standard InChI is InChI=1S/C20H23N5O7S/c1-13(24-20(27)31-12-14-6-4-3-5-7-14)19(26)32-18(11-23-25-21)16-10-15(33(22,28)29)8-9-17(16)30-2/h3-10,13,18H,11-12H2,1-2H3,(H,24,27)(H2,22,28,29)/t13-,18?/m0/s1. The highest BCUT2D eigenvalue weighted by molar-refractivity contribution is 7.89. The number of carbonyl (C=O) groups is 2. The quantitative estimate of drug-likeness (QED) is 0.228. The summed E-state index contributed by atoms with van der Waals surface area (Å²) >= 11 is 0. The molecule has 0 aliphatic heterocycles. The van der Waals surface area contributed by atoms with E-state index < -0.39 is 34.2 Å². The average Bonchev–Trinajstić information content (AvgIpc) is 2.79. The number of hydrogen-bond acceptors (Lipinski definition) is 8. The van der Waals surface area contributed by atoms with Crippen LogP contribution in [0.3, 0.4) is 0 Å². The molecule has 0 saturated heterocycles. The average molecular weight is 477 g/mol. The van der Waals surface area contributed by atoms with Crippen LogP contribution in [-0.4, -0.2) is 40.2 Å². The second kappa shape index (κ2) is 11.7. The normalized spacial score (nSPS) is 12.6. The Morgan fingerprint density at radius 1 is 1.21 bits per heavy atom. The van der Waals surface area contributed by atoms with Crippen molar-refractivity contribution in [1.29, 1.82) is 0 Å². The fraction of sp³-hybridized carbons (Fsp3) is 0.300. The van der Waals surface area contributed by atoms with Crippen molar-refractivity contribution in [2.24, 2.45) is 10.3 Å². The third kappa shape index (κ3) is 7.68. The summed E-state index contributed by atoms with van der Waals surface area (Å²) in [6.07, 6.45) is -2.06. The number of primary sulfonamides is 1. The van der Waals surface area contributed by atoms with Crippen molar-refractivity contribution in [2.75, 3.05) is 13.7 Å². The minimum absolute atomic E-state index is 0.00546. The molecule has 12 nitrogen and oxygen atoms in total. The molecule has 2 rings (SSSR count). The molecule has 33 heavy (non-hydrogen) atoms. The first-order chi connectivity index (χ1) is 15.7. The van der Waals surface area contributed by atoms with Crippen LogP contribution in [0.1, 0.15) is 24.2 Å². The van der Waals surface area contributed by atoms with Crippen molar-refractivity contribution in [1.82, 2.24) is 5.32 Å². The van der Waals surface area contributed by atoms with Crippen LogP contribution in [0.2, 0.25) is 0 Å². The van der Waals surface area contributed by atoms with Crippen molar-refractivity contribution >= 4 is 22.1 Å². The maximum absolute atomic E-state index is 12.6. The number of methoxy groups -OCH3 is 1. The molecule has 0 radical (unpaired) electrons. The molecule has 1 unspecified atom stereocenters. The number of ether oxygens (including phenoxy) is 3. The van der Waals surface area contributed by atoms with E-state index in [1.807, 2.05) is 6.07 Å². The molecule has 0 heterocycles. The number of esters is 1. The Hall–Kier alpha value is -3.80. The summed E-state index contributed by atoms with van der Waals surface area (Å²) in [4.78, 5) is 27.0. The lowest BCUT2D eigenvalue weighted by Gasteiger charge is -2.22. The summed E-state index contributed by atoms with van der Waals surface area (Å²) in [7, 11) is -2.74. The molecule has 2 aromatic rings. The van der Waals surface area contributed by atoms with Crippen LogP contribution in [0.5, 0.6) is 5.75 Å². The van der Waals surface area contributed by atoms with Gasteiger partial charge in [-0.2, -0.15) is 0 Å². The number of nitrogens with zero attached hydrogens (tertiary/aromatic N) is 3. The van der Waals surface area contributed by atoms with Gasteiger partial charge >= 0.3 is 12.1 Å². The maximum atomic E-state index is 12.6. The summed E-state index contributed by atoms with van der Waals surface area (Å²) in [5.41, 5.74) is 9.56. The lowest BCUT2D eigenvalue weighted by Crippen LogP contribution is -2.40. The van der Waals surface area contributed by atoms with Gasteiger partial charge < -0.3 is 19.5 Å². The van der Waals surface area contributed by atoms with Crippen LogP contribution < -0.4 is 15.2 Å². The molecule has 0 aliphatic carbocycles. The van der Waals surface area contributed by atoms with Gasteiger partial charge in [-0.3, -0.25) is 0 Å². The number of sulfonamides is 1. The van der Waals surface area contributed by atoms with Gasteiger partial charge in [0.25, 0.3) is 0 Å². The summed E-state index contributed by atoms with van der Waals surface area (Å²) in [6.45, 7) is 1.01. The number of hydrogen-bond donors (Lipinski definition) is 2. The van der Waals surface area contributed by atoms with Gasteiger partial charge in [0.05, 0.1) is 18.6 Å². The predicted octanol–water partition coefficient (Wildman–Crippen LogP) is 2.55. The first kappa shape index (κ1) is 25.5. The van der Waals surface area contributed by atoms with Crippen molar-refractivity contribution in [3.8, 4) is 5.75 Å². The number of nitrogens with one attached hydrogen (secondary N) is 1. The number of alkyl carbamates (subject to hydrolysis) is 1. The summed E-state index contributed by atoms with van der Waals surface area (Å²) < 4.78 is 39.1. The van der Waals surface area contributed by atoms with Gasteiger partial charge in [0.2, 0.25) is 10.0 Å². The largest absolute Gasteiger partial charge is 0.496 e. The third-order valence-electron chi connectivity index (χ3n) is 4.35. The van der Waals surface area contributed by atoms with E-state index in [-0.39, 0.29) is 29.4 Å². The number of amides is 1. The van der Waals surface area contributed by atoms with E-state index in [9.17, 15) is 18.0 Å². The second-order valence-electron chi connectivity index (χ2n) is 6.72. The van der Waals surface area contributed by atoms with Crippen molar-refractivity contribution in [2.45, 2.75) is 30.6 Å². The van der Waals surface area contributed by atoms with Crippen LogP contribution in [0.4, 0.5) is 4.79 Å². The van der Waals surface area contributed by atoms with Crippen molar-refractivity contribution in [3.05, 3.63) is 70.1 Å². The molecule has 176 valence electrons. The highest BCUT2D eigenvalue weighted by Gasteiger charge is 2.26. The highest BCUT2D eigenvalue weighted by atomic mass is 32.2. The minimum Gasteiger partial charge on any atom is -0.496 e. The zero-order chi connectivity index (χ0) is 24.4. The number of carbonyl (C=O) groups excluding carboxylic acids is 2. The van der Waals surface area contributed by atoms with E-state index in [1.165, 1.54) is 26.2 Å². The van der Waals surface area contributed by atoms with Gasteiger partial charge in [-0.05, 0) is 36.2 Å². The molecule has 2 aromatic carbocycles. The molecule has 13 heteroatoms. The lowest BCUT2D eigenvalue weighted by molar-refractivity contribution is -0.151. The molecule has 3 N–H and O–H groups in total. The second-order valence-corrected chi connectivity index (χ2v) is 8.28. The van der Waals surface area contributed by atoms with Gasteiger partial charge in [-0.15, -0.1) is 0 Å². The predicted molar refractivity (Wildman–Crippen MR) is 116 cm³/mol. The zero-order valence-electron chi connectivity index (χ0n) is 17.9. The minimum atomic E-state index is -4.07. The Kier molecular flexibility index (Phi) is 9.04. The van der Waals surface area contributed by atoms with Crippen LogP contribution in [0.15, 0.2) is 58.5 Å². The van der Waals surface area contributed by atoms with E-state index >= 15 is 0 Å². The van der Waals surface area contributed by atoms with Gasteiger partial charge in [0.15, 0.2) is 0 Å². The van der Waals surface area contributed by atoms with Crippen LogP contribution >= 0.6 is 0 Å². The van der Waals surface area contributed by atoms with E-state index in [2.05, 4.69) is 15.3 Å². The Morgan fingerprint density at radius 2 is 1.91 bits per heavy atom. The number of benzene rings is 2. The number of rotatable bonds is 10. The highest BCUT2D eigenvalue weighted by Crippen LogP contribution is 2.31. The summed E-state index contributed by atoms with van der Waals surface area (Å²) in [6, 6.07) is 11.5. The van der Waals surface area contributed by atoms with Gasteiger partial charge in [-0.1, -0.05) is 35.4 Å². The van der Waals surface area contributed by atoms with Crippen molar-refractivity contribution in [3.63, 3.8) is 0 Å². The summed E-state index contributed by atoms with van der Waals surface area (Å²) in [5, 5.41) is 10.9. The topological polar surface area (TPSA) is 183 Å². The SMILES string of the molecule is COc1ccc(S(N)(=O)=O)cc1C(CN=[N+]=[N-])OC(=O)[C@H](C)NC(=O)OCc1ccccc1. The van der Waals surface area contributed by atoms with Crippen LogP contribution in [0.25, 0.3) is 10.4 Å². The first-order valence-electron chi connectivity index (χ1n) is 9.55. The fourth-order valence-corrected chi connectivity index (χ4v) is 3.24. The smallest absolute Gasteiger partial charge is 0.408 e. The van der Waals surface area contributed by atoms with Gasteiger partial charge in [0.1, 0.15) is 24.5 Å². The molecule has 0 aliphatic rings. The lowest BCUT2D eigenvalue weighted by atomic mass is 10.1. The Balaban J connectivity index is 2.13. The first-order valence-corrected chi connectivity index (χ1v) is 11.1. The Morgan fingerprint density at radius 3 is 2.52 bits per heavy atom. The van der Waals surface area contributed by atoms with Gasteiger partial charge in [0, 0.05) is 10.5 Å². The third-order valence-corrected chi connectivity index (χ3v) is 5.26. The molecule has 0 aromatic heterocycles. The molecule has 0 fully saturated rings. The van der Waals surface area contributed by atoms with E-state index in [0.717, 1.165) is 11.6 Å². The van der Waals surface area contributed by atoms with E-state index in [1.54, 1.807) is 24.3 Å². The Labute approximate surface area is 190 Å². The van der Waals surface area contributed by atoms with Crippen LogP contribution in [-0.2, 0) is 30.9 Å². The Bertz CT molecular complexity index is 1130. The van der Waals surface area contributed by atoms with Crippen LogP contribution in [0, 0.1) is 0 Å². The number of azide groups is 1. The van der Waals surface area contributed by atoms with E-state index in [0.29, 0.717) is 0 Å². The number of nitrogens with two attached hydrogens (primary N) is 1. The van der Waals surface area contributed by atoms with E-state index in [4.69, 9.17) is 24.9 Å². The molecule has 0 saturated carbocycles. The maximum Gasteiger partial charge on any atom is 0.408 e. The molecule has 0 bridgehead atoms. The molecular formula is C20H23N5O7S. The van der Waals surface area contributed by atoms with Gasteiger partial charge in [-0.25, -0.2) is 23.1 Å². The molecule has 0 spiro atoms. The summed E-state index contributed by atoms with van der Waals surface area (Å²) in [5.74, 6) is -0.705. The molecule has 1 amide bonds. The molecular weight excluding hydrogens is 454 g/mol. The zero-order valence-corrected chi connectivity index (χ0v) is 18.7. The van der Waals surface area contributed by atoms with Crippen molar-refractivity contribution < 1.29 is 32.2 Å². The fourth-order valence-electron chi connectivity index (χ4n) is 2.69. The molecule has 2 atom stereocenters.